The van der Waals surface area contributed by atoms with Gasteiger partial charge in [-0.05, 0) is 23.8 Å². The van der Waals surface area contributed by atoms with E-state index < -0.39 is 6.04 Å². The Morgan fingerprint density at radius 2 is 1.96 bits per heavy atom. The van der Waals surface area contributed by atoms with Crippen molar-refractivity contribution in [3.05, 3.63) is 77.9 Å². The maximum absolute atomic E-state index is 12.6. The molecule has 146 valence electrons. The molecule has 0 saturated heterocycles. The van der Waals surface area contributed by atoms with Crippen molar-refractivity contribution < 1.29 is 14.3 Å². The zero-order chi connectivity index (χ0) is 19.9. The van der Waals surface area contributed by atoms with Gasteiger partial charge in [0.2, 0.25) is 0 Å². The van der Waals surface area contributed by atoms with Crippen LogP contribution < -0.4 is 20.1 Å². The summed E-state index contributed by atoms with van der Waals surface area (Å²) in [4.78, 5) is 17.0. The molecule has 2 amide bonds. The van der Waals surface area contributed by atoms with Crippen molar-refractivity contribution in [3.63, 3.8) is 0 Å². The van der Waals surface area contributed by atoms with Gasteiger partial charge in [0, 0.05) is 31.5 Å². The number of nitrogens with zero attached hydrogens (tertiary/aromatic N) is 2. The summed E-state index contributed by atoms with van der Waals surface area (Å²) < 4.78 is 12.5. The minimum Gasteiger partial charge on any atom is -0.497 e. The van der Waals surface area contributed by atoms with E-state index in [1.807, 2.05) is 66.3 Å². The molecule has 28 heavy (non-hydrogen) atoms. The molecule has 1 atom stereocenters. The first-order valence-electron chi connectivity index (χ1n) is 8.89. The van der Waals surface area contributed by atoms with Crippen molar-refractivity contribution in [3.8, 4) is 11.5 Å². The first-order chi connectivity index (χ1) is 13.6. The van der Waals surface area contributed by atoms with Crippen LogP contribution in [0.1, 0.15) is 23.0 Å². The molecule has 7 nitrogen and oxygen atoms in total. The molecule has 7 heteroatoms. The quantitative estimate of drug-likeness (QED) is 0.661. The molecule has 1 heterocycles. The Morgan fingerprint density at radius 3 is 2.68 bits per heavy atom. The standard InChI is InChI=1S/C21H24N4O3/c1-25-12-11-22-20(25)19(15-8-6-9-17(13-15)27-2)24-21(26)23-14-16-7-4-5-10-18(16)28-3/h4-13,19H,14H2,1-3H3,(H2,23,24,26)/t19-/m1/s1. The van der Waals surface area contributed by atoms with Crippen molar-refractivity contribution in [2.24, 2.45) is 7.05 Å². The SMILES string of the molecule is COc1cccc([C@@H](NC(=O)NCc2ccccc2OC)c2nccn2C)c1. The van der Waals surface area contributed by atoms with Crippen molar-refractivity contribution >= 4 is 6.03 Å². The van der Waals surface area contributed by atoms with Crippen LogP contribution in [0.15, 0.2) is 60.9 Å². The van der Waals surface area contributed by atoms with Crippen LogP contribution in [0.5, 0.6) is 11.5 Å². The van der Waals surface area contributed by atoms with Crippen LogP contribution in [0.25, 0.3) is 0 Å². The summed E-state index contributed by atoms with van der Waals surface area (Å²) in [6.07, 6.45) is 3.55. The summed E-state index contributed by atoms with van der Waals surface area (Å²) in [6.45, 7) is 0.348. The molecule has 0 spiro atoms. The lowest BCUT2D eigenvalue weighted by atomic mass is 10.1. The highest BCUT2D eigenvalue weighted by molar-refractivity contribution is 5.75. The van der Waals surface area contributed by atoms with Gasteiger partial charge in [-0.3, -0.25) is 0 Å². The fourth-order valence-electron chi connectivity index (χ4n) is 2.98. The molecule has 1 aromatic heterocycles. The first kappa shape index (κ1) is 19.3. The second kappa shape index (κ2) is 8.94. The third kappa shape index (κ3) is 4.43. The lowest BCUT2D eigenvalue weighted by Crippen LogP contribution is -2.39. The normalized spacial score (nSPS) is 11.5. The lowest BCUT2D eigenvalue weighted by Gasteiger charge is -2.20. The number of hydrogen-bond acceptors (Lipinski definition) is 4. The summed E-state index contributed by atoms with van der Waals surface area (Å²) in [6, 6.07) is 14.4. The van der Waals surface area contributed by atoms with Crippen LogP contribution in [-0.4, -0.2) is 29.8 Å². The largest absolute Gasteiger partial charge is 0.497 e. The van der Waals surface area contributed by atoms with E-state index in [2.05, 4.69) is 15.6 Å². The van der Waals surface area contributed by atoms with E-state index in [1.165, 1.54) is 0 Å². The number of rotatable bonds is 7. The molecule has 3 rings (SSSR count). The van der Waals surface area contributed by atoms with Crippen LogP contribution in [-0.2, 0) is 13.6 Å². The predicted octanol–water partition coefficient (Wildman–Crippen LogP) is 3.03. The highest BCUT2D eigenvalue weighted by atomic mass is 16.5. The Hall–Kier alpha value is -3.48. The molecule has 3 aromatic rings. The first-order valence-corrected chi connectivity index (χ1v) is 8.89. The molecule has 0 fully saturated rings. The topological polar surface area (TPSA) is 77.4 Å². The maximum Gasteiger partial charge on any atom is 0.315 e. The zero-order valence-electron chi connectivity index (χ0n) is 16.2. The van der Waals surface area contributed by atoms with Gasteiger partial charge >= 0.3 is 6.03 Å². The number of methoxy groups -OCH3 is 2. The molecule has 0 bridgehead atoms. The average Bonchev–Trinajstić information content (AvgIpc) is 3.16. The minimum atomic E-state index is -0.423. The van der Waals surface area contributed by atoms with Crippen LogP contribution >= 0.6 is 0 Å². The van der Waals surface area contributed by atoms with E-state index in [0.29, 0.717) is 12.3 Å². The molecule has 0 aliphatic carbocycles. The minimum absolute atomic E-state index is 0.304. The van der Waals surface area contributed by atoms with Crippen molar-refractivity contribution in [1.29, 1.82) is 0 Å². The monoisotopic (exact) mass is 380 g/mol. The summed E-state index contributed by atoms with van der Waals surface area (Å²) in [7, 11) is 5.12. The Morgan fingerprint density at radius 1 is 1.14 bits per heavy atom. The number of imidazole rings is 1. The van der Waals surface area contributed by atoms with E-state index in [1.54, 1.807) is 20.4 Å². The number of ether oxygens (including phenoxy) is 2. The van der Waals surface area contributed by atoms with Crippen molar-refractivity contribution in [2.75, 3.05) is 14.2 Å². The average molecular weight is 380 g/mol. The summed E-state index contributed by atoms with van der Waals surface area (Å²) in [5.74, 6) is 2.17. The number of benzene rings is 2. The highest BCUT2D eigenvalue weighted by Crippen LogP contribution is 2.24. The Labute approximate surface area is 164 Å². The number of carbonyl (C=O) groups excluding carboxylic acids is 1. The highest BCUT2D eigenvalue weighted by Gasteiger charge is 2.21. The maximum atomic E-state index is 12.6. The number of amides is 2. The number of aromatic nitrogens is 2. The van der Waals surface area contributed by atoms with Gasteiger partial charge in [-0.25, -0.2) is 9.78 Å². The van der Waals surface area contributed by atoms with Gasteiger partial charge < -0.3 is 24.7 Å². The molecule has 2 N–H and O–H groups in total. The van der Waals surface area contributed by atoms with E-state index >= 15 is 0 Å². The van der Waals surface area contributed by atoms with Crippen molar-refractivity contribution in [2.45, 2.75) is 12.6 Å². The number of nitrogens with one attached hydrogen (secondary N) is 2. The number of carbonyl (C=O) groups is 1. The van der Waals surface area contributed by atoms with Crippen LogP contribution in [0, 0.1) is 0 Å². The second-order valence-electron chi connectivity index (χ2n) is 6.24. The van der Waals surface area contributed by atoms with Gasteiger partial charge in [-0.2, -0.15) is 0 Å². The fraction of sp³-hybridized carbons (Fsp3) is 0.238. The van der Waals surface area contributed by atoms with Crippen LogP contribution in [0.4, 0.5) is 4.79 Å². The van der Waals surface area contributed by atoms with Crippen LogP contribution in [0.3, 0.4) is 0 Å². The number of hydrogen-bond donors (Lipinski definition) is 2. The van der Waals surface area contributed by atoms with Gasteiger partial charge in [0.1, 0.15) is 23.4 Å². The Balaban J connectivity index is 1.77. The Kier molecular flexibility index (Phi) is 6.16. The molecular formula is C21H24N4O3. The van der Waals surface area contributed by atoms with Gasteiger partial charge in [0.25, 0.3) is 0 Å². The van der Waals surface area contributed by atoms with E-state index in [0.717, 1.165) is 22.7 Å². The molecule has 0 aliphatic heterocycles. The third-order valence-corrected chi connectivity index (χ3v) is 4.45. The number of para-hydroxylation sites is 1. The second-order valence-corrected chi connectivity index (χ2v) is 6.24. The zero-order valence-corrected chi connectivity index (χ0v) is 16.2. The van der Waals surface area contributed by atoms with E-state index in [4.69, 9.17) is 9.47 Å². The molecule has 0 radical (unpaired) electrons. The molecule has 2 aromatic carbocycles. The van der Waals surface area contributed by atoms with Gasteiger partial charge in [0.05, 0.1) is 14.2 Å². The van der Waals surface area contributed by atoms with E-state index in [9.17, 15) is 4.79 Å². The van der Waals surface area contributed by atoms with E-state index in [-0.39, 0.29) is 6.03 Å². The number of aryl methyl sites for hydroxylation is 1. The molecule has 0 saturated carbocycles. The van der Waals surface area contributed by atoms with Gasteiger partial charge in [-0.1, -0.05) is 30.3 Å². The molecular weight excluding hydrogens is 356 g/mol. The van der Waals surface area contributed by atoms with Gasteiger partial charge in [0.15, 0.2) is 0 Å². The lowest BCUT2D eigenvalue weighted by molar-refractivity contribution is 0.237. The van der Waals surface area contributed by atoms with Gasteiger partial charge in [-0.15, -0.1) is 0 Å². The predicted molar refractivity (Wildman–Crippen MR) is 106 cm³/mol. The summed E-state index contributed by atoms with van der Waals surface area (Å²) in [5.41, 5.74) is 1.77. The summed E-state index contributed by atoms with van der Waals surface area (Å²) >= 11 is 0. The fourth-order valence-corrected chi connectivity index (χ4v) is 2.98. The van der Waals surface area contributed by atoms with Crippen LogP contribution in [0.2, 0.25) is 0 Å². The van der Waals surface area contributed by atoms with Crippen molar-refractivity contribution in [1.82, 2.24) is 20.2 Å². The smallest absolute Gasteiger partial charge is 0.315 e. The third-order valence-electron chi connectivity index (χ3n) is 4.45. The number of urea groups is 1. The molecule has 0 aliphatic rings. The summed E-state index contributed by atoms with van der Waals surface area (Å²) in [5, 5.41) is 5.89. The Bertz CT molecular complexity index is 939. The molecule has 0 unspecified atom stereocenters.